The van der Waals surface area contributed by atoms with Crippen LogP contribution in [0, 0.1) is 0 Å². The highest BCUT2D eigenvalue weighted by Crippen LogP contribution is 2.28. The van der Waals surface area contributed by atoms with Crippen molar-refractivity contribution < 1.29 is 23.1 Å². The topological polar surface area (TPSA) is 133 Å². The summed E-state index contributed by atoms with van der Waals surface area (Å²) < 4.78 is 27.9. The molecule has 0 aliphatic carbocycles. The van der Waals surface area contributed by atoms with E-state index in [1.165, 1.54) is 54.7 Å². The molecule has 2 aromatic heterocycles. The van der Waals surface area contributed by atoms with Gasteiger partial charge in [-0.3, -0.25) is 9.35 Å². The number of carbonyl (C=O) groups excluding carboxylic acids is 1. The first kappa shape index (κ1) is 20.3. The monoisotopic (exact) mass is 437 g/mol. The van der Waals surface area contributed by atoms with Gasteiger partial charge in [0.05, 0.1) is 11.3 Å². The molecule has 0 aliphatic heterocycles. The summed E-state index contributed by atoms with van der Waals surface area (Å²) in [5.74, 6) is -0.435. The van der Waals surface area contributed by atoms with E-state index in [1.807, 2.05) is 0 Å². The van der Waals surface area contributed by atoms with Gasteiger partial charge < -0.3 is 14.8 Å². The number of carbonyl (C=O) groups is 1. The molecule has 0 saturated heterocycles. The standard InChI is InChI=1S/C21H15N3O6S/c25-16-7-5-15(6-8-16)24(31(28)29)18-12-14(10-11-22-18)23-21(27)17-3-1-2-13-4-9-19(26)30-20(13)17/h1-12,25H,(H,28,29)(H,22,23,27). The first-order valence-corrected chi connectivity index (χ1v) is 9.99. The molecule has 9 nitrogen and oxygen atoms in total. The summed E-state index contributed by atoms with van der Waals surface area (Å²) in [7, 11) is 0. The summed E-state index contributed by atoms with van der Waals surface area (Å²) in [6.07, 6.45) is 1.37. The number of hydrogen-bond acceptors (Lipinski definition) is 6. The van der Waals surface area contributed by atoms with Crippen LogP contribution in [0.2, 0.25) is 0 Å². The molecule has 0 saturated carbocycles. The number of amides is 1. The maximum atomic E-state index is 12.8. The number of rotatable bonds is 5. The van der Waals surface area contributed by atoms with Gasteiger partial charge in [-0.05, 0) is 42.5 Å². The zero-order chi connectivity index (χ0) is 22.0. The van der Waals surface area contributed by atoms with E-state index >= 15 is 0 Å². The number of para-hydroxylation sites is 1. The van der Waals surface area contributed by atoms with Crippen LogP contribution < -0.4 is 15.2 Å². The maximum absolute atomic E-state index is 12.8. The van der Waals surface area contributed by atoms with Gasteiger partial charge in [0.15, 0.2) is 5.58 Å². The molecule has 1 unspecified atom stereocenters. The highest BCUT2D eigenvalue weighted by Gasteiger charge is 2.18. The molecule has 2 aromatic carbocycles. The minimum Gasteiger partial charge on any atom is -0.508 e. The Morgan fingerprint density at radius 2 is 1.84 bits per heavy atom. The highest BCUT2D eigenvalue weighted by molar-refractivity contribution is 7.81. The number of fused-ring (bicyclic) bond motifs is 1. The predicted octanol–water partition coefficient (Wildman–Crippen LogP) is 3.42. The lowest BCUT2D eigenvalue weighted by molar-refractivity contribution is 0.102. The molecular formula is C21H15N3O6S. The van der Waals surface area contributed by atoms with E-state index in [-0.39, 0.29) is 22.7 Å². The largest absolute Gasteiger partial charge is 0.508 e. The molecule has 1 amide bonds. The minimum atomic E-state index is -2.46. The van der Waals surface area contributed by atoms with E-state index in [0.29, 0.717) is 16.8 Å². The van der Waals surface area contributed by atoms with Crippen molar-refractivity contribution in [3.05, 3.63) is 88.9 Å². The van der Waals surface area contributed by atoms with Crippen molar-refractivity contribution in [2.45, 2.75) is 0 Å². The third-order valence-electron chi connectivity index (χ3n) is 4.34. The summed E-state index contributed by atoms with van der Waals surface area (Å²) >= 11 is -2.46. The van der Waals surface area contributed by atoms with Crippen molar-refractivity contribution in [1.29, 1.82) is 0 Å². The van der Waals surface area contributed by atoms with Crippen LogP contribution in [0.5, 0.6) is 5.75 Å². The van der Waals surface area contributed by atoms with E-state index in [4.69, 9.17) is 4.42 Å². The van der Waals surface area contributed by atoms with Gasteiger partial charge in [0, 0.05) is 29.4 Å². The summed E-state index contributed by atoms with van der Waals surface area (Å²) in [4.78, 5) is 28.5. The summed E-state index contributed by atoms with van der Waals surface area (Å²) in [6.45, 7) is 0. The molecule has 156 valence electrons. The van der Waals surface area contributed by atoms with Gasteiger partial charge in [0.1, 0.15) is 11.6 Å². The molecule has 10 heteroatoms. The zero-order valence-corrected chi connectivity index (χ0v) is 16.6. The second kappa shape index (κ2) is 8.38. The van der Waals surface area contributed by atoms with Crippen LogP contribution in [0.1, 0.15) is 10.4 Å². The summed E-state index contributed by atoms with van der Waals surface area (Å²) in [6, 6.07) is 16.3. The lowest BCUT2D eigenvalue weighted by Gasteiger charge is -2.19. The van der Waals surface area contributed by atoms with Gasteiger partial charge >= 0.3 is 5.63 Å². The molecule has 2 heterocycles. The third-order valence-corrected chi connectivity index (χ3v) is 5.05. The maximum Gasteiger partial charge on any atom is 0.336 e. The zero-order valence-electron chi connectivity index (χ0n) is 15.8. The number of aromatic nitrogens is 1. The fraction of sp³-hybridized carbons (Fsp3) is 0. The predicted molar refractivity (Wildman–Crippen MR) is 116 cm³/mol. The van der Waals surface area contributed by atoms with Crippen molar-refractivity contribution in [3.63, 3.8) is 0 Å². The normalized spacial score (nSPS) is 11.8. The number of phenols is 1. The van der Waals surface area contributed by atoms with E-state index < -0.39 is 22.8 Å². The van der Waals surface area contributed by atoms with E-state index in [1.54, 1.807) is 18.2 Å². The Kier molecular flexibility index (Phi) is 5.48. The minimum absolute atomic E-state index is 0.00290. The fourth-order valence-electron chi connectivity index (χ4n) is 2.97. The molecule has 0 aliphatic rings. The second-order valence-corrected chi connectivity index (χ2v) is 7.20. The Hall–Kier alpha value is -4.02. The molecule has 3 N–H and O–H groups in total. The Bertz CT molecular complexity index is 1350. The second-order valence-electron chi connectivity index (χ2n) is 6.38. The van der Waals surface area contributed by atoms with Gasteiger partial charge in [-0.15, -0.1) is 0 Å². The van der Waals surface area contributed by atoms with Gasteiger partial charge in [0.25, 0.3) is 17.2 Å². The van der Waals surface area contributed by atoms with Crippen LogP contribution in [-0.4, -0.2) is 24.8 Å². The molecule has 4 aromatic rings. The first-order chi connectivity index (χ1) is 14.9. The highest BCUT2D eigenvalue weighted by atomic mass is 32.2. The van der Waals surface area contributed by atoms with Crippen LogP contribution in [0.15, 0.2) is 82.1 Å². The van der Waals surface area contributed by atoms with Gasteiger partial charge in [-0.2, -0.15) is 0 Å². The Morgan fingerprint density at radius 3 is 2.58 bits per heavy atom. The molecule has 0 spiro atoms. The van der Waals surface area contributed by atoms with Crippen LogP contribution in [0.3, 0.4) is 0 Å². The third kappa shape index (κ3) is 4.29. The number of pyridine rings is 1. The van der Waals surface area contributed by atoms with Crippen LogP contribution in [0.4, 0.5) is 17.2 Å². The summed E-state index contributed by atoms with van der Waals surface area (Å²) in [5, 5.41) is 12.7. The molecule has 31 heavy (non-hydrogen) atoms. The average molecular weight is 437 g/mol. The van der Waals surface area contributed by atoms with Gasteiger partial charge in [-0.25, -0.2) is 18.3 Å². The van der Waals surface area contributed by atoms with Crippen molar-refractivity contribution in [3.8, 4) is 5.75 Å². The van der Waals surface area contributed by atoms with Crippen LogP contribution >= 0.6 is 0 Å². The average Bonchev–Trinajstić information content (AvgIpc) is 2.75. The Morgan fingerprint density at radius 1 is 1.06 bits per heavy atom. The summed E-state index contributed by atoms with van der Waals surface area (Å²) in [5.41, 5.74) is 0.359. The molecule has 0 bridgehead atoms. The van der Waals surface area contributed by atoms with Crippen molar-refractivity contribution in [1.82, 2.24) is 4.98 Å². The lowest BCUT2D eigenvalue weighted by atomic mass is 10.1. The van der Waals surface area contributed by atoms with Crippen molar-refractivity contribution >= 4 is 45.3 Å². The number of benzene rings is 2. The van der Waals surface area contributed by atoms with Crippen LogP contribution in [-0.2, 0) is 11.3 Å². The number of hydrogen-bond donors (Lipinski definition) is 3. The smallest absolute Gasteiger partial charge is 0.336 e. The van der Waals surface area contributed by atoms with E-state index in [2.05, 4.69) is 10.3 Å². The molecule has 0 fully saturated rings. The molecule has 1 atom stereocenters. The number of anilines is 3. The van der Waals surface area contributed by atoms with Crippen molar-refractivity contribution in [2.75, 3.05) is 9.62 Å². The molecular weight excluding hydrogens is 422 g/mol. The first-order valence-electron chi connectivity index (χ1n) is 8.93. The quantitative estimate of drug-likeness (QED) is 0.322. The SMILES string of the molecule is O=C(Nc1ccnc(N(c2ccc(O)cc2)S(=O)O)c1)c1cccc2ccc(=O)oc12. The lowest BCUT2D eigenvalue weighted by Crippen LogP contribution is -2.21. The van der Waals surface area contributed by atoms with Gasteiger partial charge in [-0.1, -0.05) is 12.1 Å². The van der Waals surface area contributed by atoms with E-state index in [0.717, 1.165) is 4.31 Å². The molecule has 0 radical (unpaired) electrons. The van der Waals surface area contributed by atoms with Crippen molar-refractivity contribution in [2.24, 2.45) is 0 Å². The fourth-order valence-corrected chi connectivity index (χ4v) is 3.53. The number of nitrogens with one attached hydrogen (secondary N) is 1. The number of nitrogens with zero attached hydrogens (tertiary/aromatic N) is 2. The number of phenolic OH excluding ortho intramolecular Hbond substituents is 1. The van der Waals surface area contributed by atoms with Gasteiger partial charge in [0.2, 0.25) is 0 Å². The molecule has 4 rings (SSSR count). The Balaban J connectivity index is 1.66. The number of aromatic hydroxyl groups is 1. The Labute approximate surface area is 178 Å². The van der Waals surface area contributed by atoms with E-state index in [9.17, 15) is 23.5 Å². The van der Waals surface area contributed by atoms with Crippen LogP contribution in [0.25, 0.3) is 11.0 Å².